The van der Waals surface area contributed by atoms with E-state index in [9.17, 15) is 5.21 Å². The summed E-state index contributed by atoms with van der Waals surface area (Å²) in [4.78, 5) is 4.17. The summed E-state index contributed by atoms with van der Waals surface area (Å²) in [7, 11) is 0. The van der Waals surface area contributed by atoms with Gasteiger partial charge in [-0.05, 0) is 92.2 Å². The molecule has 3 heterocycles. The Morgan fingerprint density at radius 2 is 1.78 bits per heavy atom. The molecular weight excluding hydrogens is 450 g/mol. The molecule has 1 aliphatic heterocycles. The van der Waals surface area contributed by atoms with Crippen LogP contribution in [0, 0.1) is 0 Å². The van der Waals surface area contributed by atoms with Gasteiger partial charge in [-0.2, -0.15) is 0 Å². The van der Waals surface area contributed by atoms with Gasteiger partial charge in [0.1, 0.15) is 17.3 Å². The Balaban J connectivity index is 1.28. The molecule has 2 N–H and O–H groups in total. The van der Waals surface area contributed by atoms with Crippen LogP contribution in [0.15, 0.2) is 82.6 Å². The van der Waals surface area contributed by atoms with E-state index in [0.29, 0.717) is 6.04 Å². The third-order valence-electron chi connectivity index (χ3n) is 7.19. The maximum absolute atomic E-state index is 9.29. The minimum absolute atomic E-state index is 0.583. The monoisotopic (exact) mass is 479 g/mol. The highest BCUT2D eigenvalue weighted by molar-refractivity contribution is 6.04. The van der Waals surface area contributed by atoms with Crippen LogP contribution in [-0.2, 0) is 6.42 Å². The first kappa shape index (κ1) is 22.6. The first-order valence-electron chi connectivity index (χ1n) is 12.6. The van der Waals surface area contributed by atoms with Crippen LogP contribution >= 0.6 is 0 Å². The predicted octanol–water partition coefficient (Wildman–Crippen LogP) is 6.32. The predicted molar refractivity (Wildman–Crippen MR) is 141 cm³/mol. The highest BCUT2D eigenvalue weighted by Gasteiger charge is 2.22. The van der Waals surface area contributed by atoms with Crippen molar-refractivity contribution >= 4 is 5.71 Å². The second-order valence-corrected chi connectivity index (χ2v) is 9.46. The zero-order valence-corrected chi connectivity index (χ0v) is 20.1. The summed E-state index contributed by atoms with van der Waals surface area (Å²) in [6.07, 6.45) is 8.72. The topological polar surface area (TPSA) is 79.9 Å². The van der Waals surface area contributed by atoms with E-state index in [1.165, 1.54) is 18.4 Å². The molecule has 1 fully saturated rings. The standard InChI is InChI=1S/C30H29N3O3/c34-33-28-10-6-22-18-23(5-9-26(22)28)27-19-29(36-30(27)21-11-15-31-16-12-21)20-3-7-25(8-4-20)35-17-13-24-2-1-14-32-24/h3-5,7-9,11-12,15-16,18-19,24,32,34H,1-2,6,10,13-14,17H2. The Labute approximate surface area is 210 Å². The van der Waals surface area contributed by atoms with Gasteiger partial charge in [0.25, 0.3) is 0 Å². The SMILES string of the molecule is ON=C1CCc2cc(-c3cc(-c4ccc(OCCC5CCCN5)cc4)oc3-c3ccncc3)ccc21. The molecule has 4 aromatic rings. The lowest BCUT2D eigenvalue weighted by Crippen LogP contribution is -2.23. The van der Waals surface area contributed by atoms with E-state index in [4.69, 9.17) is 9.15 Å². The number of nitrogens with zero attached hydrogens (tertiary/aromatic N) is 2. The molecule has 6 heteroatoms. The van der Waals surface area contributed by atoms with E-state index in [2.05, 4.69) is 45.8 Å². The number of nitrogens with one attached hydrogen (secondary N) is 1. The van der Waals surface area contributed by atoms with Crippen molar-refractivity contribution in [3.8, 4) is 39.5 Å². The number of aryl methyl sites for hydroxylation is 1. The number of aromatic nitrogens is 1. The first-order valence-corrected chi connectivity index (χ1v) is 12.6. The molecule has 1 atom stereocenters. The van der Waals surface area contributed by atoms with Crippen molar-refractivity contribution in [2.45, 2.75) is 38.1 Å². The van der Waals surface area contributed by atoms with Gasteiger partial charge in [-0.1, -0.05) is 23.4 Å². The van der Waals surface area contributed by atoms with Crippen molar-refractivity contribution in [2.75, 3.05) is 13.2 Å². The zero-order valence-electron chi connectivity index (χ0n) is 20.1. The van der Waals surface area contributed by atoms with Gasteiger partial charge < -0.3 is 19.7 Å². The number of hydrogen-bond donors (Lipinski definition) is 2. The molecule has 182 valence electrons. The average molecular weight is 480 g/mol. The third kappa shape index (κ3) is 4.52. The molecule has 36 heavy (non-hydrogen) atoms. The van der Waals surface area contributed by atoms with Crippen molar-refractivity contribution in [1.29, 1.82) is 0 Å². The Morgan fingerprint density at radius 1 is 0.944 bits per heavy atom. The van der Waals surface area contributed by atoms with E-state index < -0.39 is 0 Å². The highest BCUT2D eigenvalue weighted by Crippen LogP contribution is 2.40. The lowest BCUT2D eigenvalue weighted by Gasteiger charge is -2.11. The Hall–Kier alpha value is -3.90. The van der Waals surface area contributed by atoms with Crippen LogP contribution in [0.4, 0.5) is 0 Å². The number of hydrogen-bond acceptors (Lipinski definition) is 6. The molecule has 1 unspecified atom stereocenters. The molecule has 0 spiro atoms. The lowest BCUT2D eigenvalue weighted by atomic mass is 9.98. The fourth-order valence-electron chi connectivity index (χ4n) is 5.24. The Morgan fingerprint density at radius 3 is 2.56 bits per heavy atom. The summed E-state index contributed by atoms with van der Waals surface area (Å²) < 4.78 is 12.4. The van der Waals surface area contributed by atoms with E-state index in [-0.39, 0.29) is 0 Å². The number of oxime groups is 1. The minimum Gasteiger partial charge on any atom is -0.494 e. The number of benzene rings is 2. The summed E-state index contributed by atoms with van der Waals surface area (Å²) in [5.41, 5.74) is 7.04. The van der Waals surface area contributed by atoms with Gasteiger partial charge in [-0.25, -0.2) is 0 Å². The molecule has 0 radical (unpaired) electrons. The van der Waals surface area contributed by atoms with Gasteiger partial charge in [-0.15, -0.1) is 0 Å². The summed E-state index contributed by atoms with van der Waals surface area (Å²) in [6.45, 7) is 1.84. The van der Waals surface area contributed by atoms with Crippen LogP contribution < -0.4 is 10.1 Å². The van der Waals surface area contributed by atoms with Crippen LogP contribution in [0.2, 0.25) is 0 Å². The maximum atomic E-state index is 9.29. The van der Waals surface area contributed by atoms with Crippen LogP contribution in [0.1, 0.15) is 36.8 Å². The van der Waals surface area contributed by atoms with Gasteiger partial charge in [0.15, 0.2) is 0 Å². The van der Waals surface area contributed by atoms with E-state index in [1.54, 1.807) is 12.4 Å². The molecule has 2 aliphatic rings. The molecular formula is C30H29N3O3. The molecule has 6 nitrogen and oxygen atoms in total. The Bertz CT molecular complexity index is 1370. The average Bonchev–Trinajstić information content (AvgIpc) is 3.69. The summed E-state index contributed by atoms with van der Waals surface area (Å²) in [5, 5.41) is 16.3. The number of furan rings is 1. The Kier molecular flexibility index (Phi) is 6.26. The zero-order chi connectivity index (χ0) is 24.3. The second-order valence-electron chi connectivity index (χ2n) is 9.46. The van der Waals surface area contributed by atoms with Crippen molar-refractivity contribution < 1.29 is 14.4 Å². The highest BCUT2D eigenvalue weighted by atomic mass is 16.5. The molecule has 1 saturated heterocycles. The van der Waals surface area contributed by atoms with Gasteiger partial charge in [0.2, 0.25) is 0 Å². The van der Waals surface area contributed by atoms with Crippen LogP contribution in [0.25, 0.3) is 33.8 Å². The minimum atomic E-state index is 0.583. The summed E-state index contributed by atoms with van der Waals surface area (Å²) in [5.74, 6) is 2.49. The summed E-state index contributed by atoms with van der Waals surface area (Å²) in [6, 6.07) is 21.0. The molecule has 0 bridgehead atoms. The van der Waals surface area contributed by atoms with Crippen LogP contribution in [-0.4, -0.2) is 35.1 Å². The number of pyridine rings is 1. The maximum Gasteiger partial charge on any atom is 0.142 e. The van der Waals surface area contributed by atoms with Gasteiger partial charge in [-0.3, -0.25) is 4.98 Å². The van der Waals surface area contributed by atoms with Gasteiger partial charge in [0.05, 0.1) is 12.3 Å². The first-order chi connectivity index (χ1) is 17.8. The lowest BCUT2D eigenvalue weighted by molar-refractivity contribution is 0.292. The molecule has 2 aromatic carbocycles. The van der Waals surface area contributed by atoms with Crippen molar-refractivity contribution in [1.82, 2.24) is 10.3 Å². The molecule has 0 amide bonds. The van der Waals surface area contributed by atoms with Crippen LogP contribution in [0.5, 0.6) is 5.75 Å². The quantitative estimate of drug-likeness (QED) is 0.239. The van der Waals surface area contributed by atoms with Gasteiger partial charge in [0, 0.05) is 40.7 Å². The largest absolute Gasteiger partial charge is 0.494 e. The smallest absolute Gasteiger partial charge is 0.142 e. The number of rotatable bonds is 7. The van der Waals surface area contributed by atoms with E-state index in [1.807, 2.05) is 30.3 Å². The fourth-order valence-corrected chi connectivity index (χ4v) is 5.24. The number of fused-ring (bicyclic) bond motifs is 1. The molecule has 0 saturated carbocycles. The number of ether oxygens (including phenoxy) is 1. The normalized spacial score (nSPS) is 18.0. The second kappa shape index (κ2) is 9.99. The molecule has 2 aromatic heterocycles. The molecule has 1 aliphatic carbocycles. The van der Waals surface area contributed by atoms with Crippen LogP contribution in [0.3, 0.4) is 0 Å². The van der Waals surface area contributed by atoms with Crippen molar-refractivity contribution in [3.63, 3.8) is 0 Å². The van der Waals surface area contributed by atoms with Crippen molar-refractivity contribution in [2.24, 2.45) is 5.16 Å². The van der Waals surface area contributed by atoms with Gasteiger partial charge >= 0.3 is 0 Å². The van der Waals surface area contributed by atoms with Crippen molar-refractivity contribution in [3.05, 3.63) is 84.2 Å². The molecule has 6 rings (SSSR count). The van der Waals surface area contributed by atoms with E-state index >= 15 is 0 Å². The fraction of sp³-hybridized carbons (Fsp3) is 0.267. The third-order valence-corrected chi connectivity index (χ3v) is 7.19. The summed E-state index contributed by atoms with van der Waals surface area (Å²) >= 11 is 0. The van der Waals surface area contributed by atoms with E-state index in [0.717, 1.165) is 83.2 Å².